The maximum absolute atomic E-state index is 3.98. The summed E-state index contributed by atoms with van der Waals surface area (Å²) in [4.78, 5) is 22.2. The van der Waals surface area contributed by atoms with Crippen LogP contribution in [-0.4, -0.2) is 60.7 Å². The molecule has 12 nitrogen and oxygen atoms in total. The molecule has 0 fully saturated rings. The quantitative estimate of drug-likeness (QED) is 0.257. The van der Waals surface area contributed by atoms with E-state index in [2.05, 4.69) is 60.7 Å². The Morgan fingerprint density at radius 2 is 1.44 bits per heavy atom. The molecule has 0 aliphatic carbocycles. The third-order valence-corrected chi connectivity index (χ3v) is 4.09. The van der Waals surface area contributed by atoms with Gasteiger partial charge in [-0.15, -0.1) is 10.2 Å². The summed E-state index contributed by atoms with van der Waals surface area (Å²) in [6.45, 7) is 11.6. The first-order valence-corrected chi connectivity index (χ1v) is 12.0. The monoisotopic (exact) mass is 528 g/mol. The minimum absolute atomic E-state index is 0.676. The third kappa shape index (κ3) is 19.7. The summed E-state index contributed by atoms with van der Waals surface area (Å²) < 4.78 is 0. The van der Waals surface area contributed by atoms with E-state index >= 15 is 0 Å². The van der Waals surface area contributed by atoms with Gasteiger partial charge in [-0.3, -0.25) is 20.1 Å². The van der Waals surface area contributed by atoms with Gasteiger partial charge < -0.3 is 4.98 Å². The second-order valence-electron chi connectivity index (χ2n) is 7.73. The van der Waals surface area contributed by atoms with E-state index in [1.165, 1.54) is 17.5 Å². The number of aryl methyl sites for hydroxylation is 6. The topological polar surface area (TPSA) is 163 Å². The van der Waals surface area contributed by atoms with Crippen LogP contribution >= 0.6 is 0 Å². The van der Waals surface area contributed by atoms with E-state index in [4.69, 9.17) is 0 Å². The highest BCUT2D eigenvalue weighted by molar-refractivity contribution is 5.06. The first kappa shape index (κ1) is 31.9. The van der Waals surface area contributed by atoms with Gasteiger partial charge in [-0.1, -0.05) is 17.3 Å². The van der Waals surface area contributed by atoms with Gasteiger partial charge in [0.2, 0.25) is 0 Å². The number of rotatable bonds is 0. The number of hydrogen-bond donors (Lipinski definition) is 3. The summed E-state index contributed by atoms with van der Waals surface area (Å²) in [6.07, 6.45) is 14.0. The molecule has 6 rings (SSSR count). The lowest BCUT2D eigenvalue weighted by Crippen LogP contribution is -1.72. The molecular weight excluding hydrogens is 492 g/mol. The standard InChI is InChI=1S/3C6H7N.C4H6N2.C3H5N3.C2H4N4/c1-6-2-4-7-5-3-6;1-6-3-2-4-7-5-6;1-6-4-2-3-5-7-6;1-4-5-2-3-6-4;1-3-4-2-5-6-3;1-2-3-5-6-4-2/h3*2-5H,1H3;2-3H,1H3,(H,5,6);2H,1H3,(H,4,5,6);1H3,(H,3,4,5,6). The number of nitrogens with one attached hydrogen (secondary N) is 3. The van der Waals surface area contributed by atoms with Gasteiger partial charge in [0, 0.05) is 49.1 Å². The van der Waals surface area contributed by atoms with Crippen LogP contribution in [-0.2, 0) is 0 Å². The molecule has 0 saturated carbocycles. The molecule has 0 spiro atoms. The number of aromatic nitrogens is 12. The highest BCUT2D eigenvalue weighted by Crippen LogP contribution is 1.89. The van der Waals surface area contributed by atoms with Crippen molar-refractivity contribution in [2.24, 2.45) is 0 Å². The van der Waals surface area contributed by atoms with E-state index in [1.807, 2.05) is 83.3 Å². The van der Waals surface area contributed by atoms with Gasteiger partial charge >= 0.3 is 0 Å². The molecule has 0 amide bonds. The van der Waals surface area contributed by atoms with Gasteiger partial charge in [0.05, 0.1) is 0 Å². The summed E-state index contributed by atoms with van der Waals surface area (Å²) in [5, 5.41) is 18.9. The van der Waals surface area contributed by atoms with Crippen molar-refractivity contribution in [1.82, 2.24) is 60.7 Å². The predicted octanol–water partition coefficient (Wildman–Crippen LogP) is 4.51. The maximum atomic E-state index is 3.98. The second kappa shape index (κ2) is 21.0. The zero-order valence-corrected chi connectivity index (χ0v) is 23.2. The predicted molar refractivity (Wildman–Crippen MR) is 150 cm³/mol. The molecule has 0 radical (unpaired) electrons. The first-order chi connectivity index (χ1) is 18.9. The van der Waals surface area contributed by atoms with Crippen LogP contribution in [0.2, 0.25) is 0 Å². The Kier molecular flexibility index (Phi) is 17.2. The molecule has 0 unspecified atom stereocenters. The third-order valence-electron chi connectivity index (χ3n) is 4.09. The van der Waals surface area contributed by atoms with Crippen molar-refractivity contribution in [1.29, 1.82) is 0 Å². The van der Waals surface area contributed by atoms with E-state index in [0.717, 1.165) is 17.3 Å². The lowest BCUT2D eigenvalue weighted by Gasteiger charge is -1.82. The van der Waals surface area contributed by atoms with Gasteiger partial charge in [-0.25, -0.2) is 9.97 Å². The van der Waals surface area contributed by atoms with Crippen LogP contribution in [0.25, 0.3) is 0 Å². The van der Waals surface area contributed by atoms with E-state index in [0.29, 0.717) is 5.82 Å². The Labute approximate surface area is 228 Å². The van der Waals surface area contributed by atoms with Crippen LogP contribution in [0.3, 0.4) is 0 Å². The summed E-state index contributed by atoms with van der Waals surface area (Å²) >= 11 is 0. The SMILES string of the molecule is Cc1ccccn1.Cc1cccnc1.Cc1ccncc1.Cc1ncc[nH]1.Cc1ncn[nH]1.Cc1nn[nH]n1. The largest absolute Gasteiger partial charge is 0.349 e. The van der Waals surface area contributed by atoms with E-state index in [9.17, 15) is 0 Å². The van der Waals surface area contributed by atoms with Crippen molar-refractivity contribution < 1.29 is 0 Å². The smallest absolute Gasteiger partial charge is 0.171 e. The lowest BCUT2D eigenvalue weighted by atomic mass is 10.3. The normalized spacial score (nSPS) is 8.77. The zero-order valence-electron chi connectivity index (χ0n) is 23.2. The minimum Gasteiger partial charge on any atom is -0.349 e. The Morgan fingerprint density at radius 3 is 1.67 bits per heavy atom. The van der Waals surface area contributed by atoms with Crippen molar-refractivity contribution in [3.63, 3.8) is 0 Å². The lowest BCUT2D eigenvalue weighted by molar-refractivity contribution is 0.881. The Hall–Kier alpha value is -5.13. The summed E-state index contributed by atoms with van der Waals surface area (Å²) in [6, 6.07) is 13.7. The van der Waals surface area contributed by atoms with Crippen LogP contribution in [0.1, 0.15) is 34.3 Å². The zero-order chi connectivity index (χ0) is 28.6. The fourth-order valence-corrected chi connectivity index (χ4v) is 2.15. The molecular formula is C27H36N12. The van der Waals surface area contributed by atoms with Crippen LogP contribution in [0, 0.1) is 41.5 Å². The highest BCUT2D eigenvalue weighted by atomic mass is 15.5. The van der Waals surface area contributed by atoms with Crippen molar-refractivity contribution in [3.8, 4) is 0 Å². The van der Waals surface area contributed by atoms with Crippen LogP contribution in [0.4, 0.5) is 0 Å². The molecule has 0 atom stereocenters. The molecule has 6 heterocycles. The van der Waals surface area contributed by atoms with E-state index in [-0.39, 0.29) is 0 Å². The van der Waals surface area contributed by atoms with Gasteiger partial charge in [0.1, 0.15) is 18.0 Å². The molecule has 39 heavy (non-hydrogen) atoms. The molecule has 0 aromatic carbocycles. The summed E-state index contributed by atoms with van der Waals surface area (Å²) in [5.41, 5.74) is 3.54. The number of nitrogens with zero attached hydrogens (tertiary/aromatic N) is 9. The Balaban J connectivity index is 0.000000234. The molecule has 204 valence electrons. The number of hydrogen-bond acceptors (Lipinski definition) is 9. The van der Waals surface area contributed by atoms with Crippen LogP contribution in [0.15, 0.2) is 92.2 Å². The van der Waals surface area contributed by atoms with Crippen molar-refractivity contribution >= 4 is 0 Å². The van der Waals surface area contributed by atoms with Gasteiger partial charge in [-0.2, -0.15) is 10.3 Å². The van der Waals surface area contributed by atoms with Crippen LogP contribution in [0.5, 0.6) is 0 Å². The Bertz CT molecular complexity index is 1110. The van der Waals surface area contributed by atoms with Crippen molar-refractivity contribution in [2.75, 3.05) is 0 Å². The van der Waals surface area contributed by atoms with Crippen molar-refractivity contribution in [2.45, 2.75) is 41.5 Å². The average Bonchev–Trinajstić information content (AvgIpc) is 3.73. The molecule has 12 heteroatoms. The number of pyridine rings is 3. The van der Waals surface area contributed by atoms with E-state index < -0.39 is 0 Å². The fraction of sp³-hybridized carbons (Fsp3) is 0.222. The first-order valence-electron chi connectivity index (χ1n) is 12.0. The molecule has 0 bridgehead atoms. The van der Waals surface area contributed by atoms with Gasteiger partial charge in [0.15, 0.2) is 5.82 Å². The maximum Gasteiger partial charge on any atom is 0.171 e. The molecule has 3 N–H and O–H groups in total. The number of aromatic amines is 3. The average molecular weight is 529 g/mol. The molecule has 6 aromatic rings. The minimum atomic E-state index is 0.676. The second-order valence-corrected chi connectivity index (χ2v) is 7.73. The number of tetrazole rings is 1. The molecule has 6 aromatic heterocycles. The number of imidazole rings is 1. The van der Waals surface area contributed by atoms with Crippen molar-refractivity contribution in [3.05, 3.63) is 126 Å². The fourth-order valence-electron chi connectivity index (χ4n) is 2.15. The molecule has 0 saturated heterocycles. The Morgan fingerprint density at radius 1 is 0.641 bits per heavy atom. The van der Waals surface area contributed by atoms with Crippen LogP contribution < -0.4 is 0 Å². The molecule has 0 aliphatic heterocycles. The molecule has 0 aliphatic rings. The highest BCUT2D eigenvalue weighted by Gasteiger charge is 1.78. The van der Waals surface area contributed by atoms with E-state index in [1.54, 1.807) is 44.1 Å². The van der Waals surface area contributed by atoms with Gasteiger partial charge in [-0.05, 0) is 83.0 Å². The summed E-state index contributed by atoms with van der Waals surface area (Å²) in [5.74, 6) is 2.50. The number of H-pyrrole nitrogens is 3. The van der Waals surface area contributed by atoms with Gasteiger partial charge in [0.25, 0.3) is 0 Å². The summed E-state index contributed by atoms with van der Waals surface area (Å²) in [7, 11) is 0.